The molecule has 0 aromatic rings. The van der Waals surface area contributed by atoms with E-state index in [-0.39, 0.29) is 44.7 Å². The Morgan fingerprint density at radius 2 is 0.923 bits per heavy atom. The van der Waals surface area contributed by atoms with E-state index >= 15 is 0 Å². The van der Waals surface area contributed by atoms with Crippen LogP contribution in [0.25, 0.3) is 9.96 Å². The molecule has 1 saturated carbocycles. The molecule has 1 aliphatic rings. The van der Waals surface area contributed by atoms with Crippen molar-refractivity contribution in [2.24, 2.45) is 11.8 Å². The van der Waals surface area contributed by atoms with E-state index in [1.165, 1.54) is 0 Å². The molecule has 4 unspecified atom stereocenters. The van der Waals surface area contributed by atoms with Crippen LogP contribution >= 0.6 is 0 Å². The van der Waals surface area contributed by atoms with E-state index in [1.54, 1.807) is 5.92 Å². The van der Waals surface area contributed by atoms with Gasteiger partial charge in [0.25, 0.3) is 0 Å². The van der Waals surface area contributed by atoms with Gasteiger partial charge in [0.2, 0.25) is 0 Å². The minimum absolute atomic E-state index is 0. The fourth-order valence-electron chi connectivity index (χ4n) is 5.90. The Morgan fingerprint density at radius 3 is 1.12 bits per heavy atom. The molecule has 152 valence electrons. The van der Waals surface area contributed by atoms with Crippen molar-refractivity contribution < 1.29 is 26.2 Å². The van der Waals surface area contributed by atoms with E-state index in [4.69, 9.17) is 9.96 Å². The van der Waals surface area contributed by atoms with E-state index in [0.29, 0.717) is 11.1 Å². The topological polar surface area (TPSA) is 28.2 Å². The van der Waals surface area contributed by atoms with Gasteiger partial charge < -0.3 is 23.3 Å². The van der Waals surface area contributed by atoms with Gasteiger partial charge in [-0.05, 0) is 0 Å². The normalized spacial score (nSPS) is 28.5. The first kappa shape index (κ1) is 29.4. The first-order valence-electron chi connectivity index (χ1n) is 9.70. The first-order valence-corrected chi connectivity index (χ1v) is 15.8. The van der Waals surface area contributed by atoms with Gasteiger partial charge in [-0.1, -0.05) is 110 Å². The van der Waals surface area contributed by atoms with Crippen LogP contribution in [0.2, 0.25) is 37.3 Å². The zero-order valence-corrected chi connectivity index (χ0v) is 24.7. The molecule has 0 heterocycles. The summed E-state index contributed by atoms with van der Waals surface area (Å²) in [6.07, 6.45) is 0. The molecule has 0 aromatic carbocycles. The second-order valence-corrected chi connectivity index (χ2v) is 19.6. The van der Waals surface area contributed by atoms with Gasteiger partial charge in [0.05, 0.1) is 0 Å². The van der Waals surface area contributed by atoms with Gasteiger partial charge in [0.15, 0.2) is 0 Å². The van der Waals surface area contributed by atoms with Crippen molar-refractivity contribution in [3.05, 3.63) is 23.3 Å². The third-order valence-electron chi connectivity index (χ3n) is 5.63. The van der Waals surface area contributed by atoms with Gasteiger partial charge in [0, 0.05) is 0 Å². The summed E-state index contributed by atoms with van der Waals surface area (Å²) < 4.78 is 0. The van der Waals surface area contributed by atoms with Crippen molar-refractivity contribution in [2.75, 3.05) is 0 Å². The van der Waals surface area contributed by atoms with Crippen molar-refractivity contribution >= 4 is 16.5 Å². The molecular weight excluding hydrogens is 428 g/mol. The van der Waals surface area contributed by atoms with Crippen molar-refractivity contribution in [3.63, 3.8) is 0 Å². The molecule has 0 bridgehead atoms. The monoisotopic (exact) mass is 472 g/mol. The fourth-order valence-corrected chi connectivity index (χ4v) is 15.6. The van der Waals surface area contributed by atoms with Crippen LogP contribution in [0.5, 0.6) is 0 Å². The zero-order chi connectivity index (χ0) is 19.3. The predicted molar refractivity (Wildman–Crippen MR) is 122 cm³/mol. The molecule has 1 fully saturated rings. The molecule has 5 heteroatoms. The van der Waals surface area contributed by atoms with Crippen LogP contribution in [0.15, 0.2) is 0 Å². The standard InChI is InChI=1S/C20H43N2Si2.CH3.Zr/c1-14-15(2)18(24(12,13)22-20(7,8)9)16(3)17(14)23(10,11)21-19(4,5)6;;/h14-15,17-18H,1-13H3;1H3;/q-3;-1;+4. The summed E-state index contributed by atoms with van der Waals surface area (Å²) >= 11 is 0. The van der Waals surface area contributed by atoms with Crippen molar-refractivity contribution in [1.82, 2.24) is 0 Å². The average molecular weight is 474 g/mol. The molecule has 2 nitrogen and oxygen atoms in total. The van der Waals surface area contributed by atoms with E-state index in [1.807, 2.05) is 0 Å². The maximum Gasteiger partial charge on any atom is 4.00 e. The summed E-state index contributed by atoms with van der Waals surface area (Å²) in [6, 6.07) is 0. The summed E-state index contributed by atoms with van der Waals surface area (Å²) in [4.78, 5) is 10.7. The molecule has 0 radical (unpaired) electrons. The smallest absolute Gasteiger partial charge is 0.661 e. The average Bonchev–Trinajstić information content (AvgIpc) is 2.42. The number of nitrogens with zero attached hydrogens (tertiary/aromatic N) is 2. The van der Waals surface area contributed by atoms with Crippen LogP contribution in [-0.4, -0.2) is 27.5 Å². The van der Waals surface area contributed by atoms with Crippen molar-refractivity contribution in [2.45, 2.75) is 111 Å². The van der Waals surface area contributed by atoms with Crippen LogP contribution in [0, 0.1) is 25.2 Å². The van der Waals surface area contributed by atoms with Gasteiger partial charge in [0.1, 0.15) is 0 Å². The molecule has 0 aromatic heterocycles. The van der Waals surface area contributed by atoms with Crippen LogP contribution < -0.4 is 0 Å². The van der Waals surface area contributed by atoms with E-state index < -0.39 is 16.5 Å². The Kier molecular flexibility index (Phi) is 10.6. The molecular formula is C21H46N2Si2Zr. The molecule has 1 aliphatic carbocycles. The third-order valence-corrected chi connectivity index (χ3v) is 13.1. The molecule has 0 amide bonds. The van der Waals surface area contributed by atoms with Crippen LogP contribution in [0.3, 0.4) is 0 Å². The van der Waals surface area contributed by atoms with Crippen molar-refractivity contribution in [3.8, 4) is 0 Å². The number of hydrogen-bond donors (Lipinski definition) is 0. The molecule has 0 N–H and O–H groups in total. The maximum absolute atomic E-state index is 5.35. The summed E-state index contributed by atoms with van der Waals surface area (Å²) in [5.74, 6) is 3.18. The van der Waals surface area contributed by atoms with Gasteiger partial charge in [-0.2, -0.15) is 18.0 Å². The Hall–Kier alpha value is 1.24. The third kappa shape index (κ3) is 7.24. The molecule has 4 atom stereocenters. The van der Waals surface area contributed by atoms with E-state index in [9.17, 15) is 0 Å². The van der Waals surface area contributed by atoms with Gasteiger partial charge in [-0.3, -0.25) is 0 Å². The number of rotatable bonds is 4. The summed E-state index contributed by atoms with van der Waals surface area (Å²) in [5, 5.41) is 0. The first-order chi connectivity index (χ1) is 10.4. The minimum Gasteiger partial charge on any atom is -0.661 e. The largest absolute Gasteiger partial charge is 4.00 e. The molecule has 26 heavy (non-hydrogen) atoms. The van der Waals surface area contributed by atoms with Gasteiger partial charge in [-0.15, -0.1) is 11.1 Å². The molecule has 0 saturated heterocycles. The van der Waals surface area contributed by atoms with Gasteiger partial charge >= 0.3 is 26.2 Å². The molecule has 0 aliphatic heterocycles. The van der Waals surface area contributed by atoms with Crippen LogP contribution in [-0.2, 0) is 26.2 Å². The van der Waals surface area contributed by atoms with Gasteiger partial charge in [-0.25, -0.2) is 0 Å². The Bertz CT molecular complexity index is 398. The Morgan fingerprint density at radius 1 is 0.692 bits per heavy atom. The fraction of sp³-hybridized carbons (Fsp3) is 0.905. The summed E-state index contributed by atoms with van der Waals surface area (Å²) in [5.41, 5.74) is 1.52. The molecule has 0 spiro atoms. The Labute approximate surface area is 187 Å². The quantitative estimate of drug-likeness (QED) is 0.294. The molecule has 1 rings (SSSR count). The second kappa shape index (κ2) is 9.37. The predicted octanol–water partition coefficient (Wildman–Crippen LogP) is 7.81. The SMILES string of the molecule is C[C-]1C([Si](C)(C)[N-]C(C)(C)C)C(C)C(C)C1[Si](C)(C)[N-]C(C)(C)C.[CH3-].[Zr+4]. The minimum atomic E-state index is -1.68. The van der Waals surface area contributed by atoms with Crippen molar-refractivity contribution in [1.29, 1.82) is 0 Å². The van der Waals surface area contributed by atoms with E-state index in [0.717, 1.165) is 11.8 Å². The van der Waals surface area contributed by atoms with Crippen LogP contribution in [0.1, 0.15) is 62.3 Å². The summed E-state index contributed by atoms with van der Waals surface area (Å²) in [7, 11) is -3.37. The zero-order valence-electron chi connectivity index (χ0n) is 20.2. The second-order valence-electron chi connectivity index (χ2n) is 11.3. The number of hydrogen-bond acceptors (Lipinski definition) is 0. The maximum atomic E-state index is 5.35. The van der Waals surface area contributed by atoms with E-state index in [2.05, 4.69) is 88.5 Å². The van der Waals surface area contributed by atoms with Crippen LogP contribution in [0.4, 0.5) is 0 Å². The Balaban J connectivity index is 0. The summed E-state index contributed by atoms with van der Waals surface area (Å²) in [6.45, 7) is 30.8.